The van der Waals surface area contributed by atoms with Crippen molar-refractivity contribution in [2.45, 2.75) is 38.9 Å². The molecule has 0 amide bonds. The van der Waals surface area contributed by atoms with Gasteiger partial charge in [-0.25, -0.2) is 9.97 Å². The van der Waals surface area contributed by atoms with Gasteiger partial charge in [0.05, 0.1) is 17.0 Å². The Labute approximate surface area is 187 Å². The molecule has 1 aliphatic heterocycles. The third kappa shape index (κ3) is 3.53. The van der Waals surface area contributed by atoms with E-state index in [4.69, 9.17) is 5.73 Å². The van der Waals surface area contributed by atoms with E-state index in [2.05, 4.69) is 15.1 Å². The monoisotopic (exact) mass is 451 g/mol. The van der Waals surface area contributed by atoms with Crippen LogP contribution in [0.3, 0.4) is 0 Å². The van der Waals surface area contributed by atoms with Gasteiger partial charge in [-0.05, 0) is 55.7 Å². The van der Waals surface area contributed by atoms with Crippen LogP contribution in [0.15, 0.2) is 42.6 Å². The first-order chi connectivity index (χ1) is 15.6. The molecule has 0 radical (unpaired) electrons. The van der Waals surface area contributed by atoms with E-state index in [1.165, 1.54) is 12.3 Å². The fourth-order valence-electron chi connectivity index (χ4n) is 4.44. The first-order valence-corrected chi connectivity index (χ1v) is 10.5. The zero-order valence-electron chi connectivity index (χ0n) is 17.9. The van der Waals surface area contributed by atoms with Crippen LogP contribution in [-0.4, -0.2) is 25.5 Å². The number of anilines is 1. The Morgan fingerprint density at radius 1 is 1.12 bits per heavy atom. The van der Waals surface area contributed by atoms with Crippen molar-refractivity contribution in [3.05, 3.63) is 70.5 Å². The molecule has 1 aliphatic rings. The van der Waals surface area contributed by atoms with E-state index in [-0.39, 0.29) is 11.7 Å². The van der Waals surface area contributed by atoms with Crippen LogP contribution in [0.2, 0.25) is 0 Å². The summed E-state index contributed by atoms with van der Waals surface area (Å²) in [5.74, 6) is 0.497. The van der Waals surface area contributed by atoms with Crippen LogP contribution in [0.4, 0.5) is 19.0 Å². The average Bonchev–Trinajstić information content (AvgIpc) is 3.07. The standard InChI is InChI=1S/C24H20F3N5O/c1-12-9-14(23-29-11-15-10-16(24(25,26)27)4-6-19(15)30-23)3-5-17(12)18-7-8-32-20(21(18)33)13(2)22(28)31-32/h3-6,9-11,18H,7-8H2,1-2H3,(H2,28,31). The van der Waals surface area contributed by atoms with Crippen LogP contribution in [0.1, 0.15) is 45.1 Å². The van der Waals surface area contributed by atoms with E-state index in [1.54, 1.807) is 11.6 Å². The summed E-state index contributed by atoms with van der Waals surface area (Å²) < 4.78 is 40.5. The van der Waals surface area contributed by atoms with E-state index in [0.29, 0.717) is 46.8 Å². The van der Waals surface area contributed by atoms with Crippen molar-refractivity contribution >= 4 is 22.5 Å². The van der Waals surface area contributed by atoms with Crippen LogP contribution in [0, 0.1) is 13.8 Å². The van der Waals surface area contributed by atoms with Gasteiger partial charge in [-0.1, -0.05) is 12.1 Å². The summed E-state index contributed by atoms with van der Waals surface area (Å²) in [6.07, 6.45) is -2.39. The number of nitrogen functional groups attached to an aromatic ring is 1. The molecule has 0 aliphatic carbocycles. The predicted octanol–water partition coefficient (Wildman–Crippen LogP) is 5.08. The zero-order chi connectivity index (χ0) is 23.5. The molecule has 3 heterocycles. The quantitative estimate of drug-likeness (QED) is 0.459. The number of halogens is 3. The lowest BCUT2D eigenvalue weighted by molar-refractivity contribution is -0.137. The van der Waals surface area contributed by atoms with Gasteiger partial charge in [-0.3, -0.25) is 9.48 Å². The van der Waals surface area contributed by atoms with Crippen LogP contribution in [0.5, 0.6) is 0 Å². The molecular formula is C24H20F3N5O. The van der Waals surface area contributed by atoms with Gasteiger partial charge in [0.25, 0.3) is 0 Å². The molecular weight excluding hydrogens is 431 g/mol. The van der Waals surface area contributed by atoms with Gasteiger partial charge in [0, 0.05) is 29.3 Å². The van der Waals surface area contributed by atoms with E-state index in [9.17, 15) is 18.0 Å². The van der Waals surface area contributed by atoms with Gasteiger partial charge in [0.1, 0.15) is 11.5 Å². The third-order valence-electron chi connectivity index (χ3n) is 6.22. The fraction of sp³-hybridized carbons (Fsp3) is 0.250. The molecule has 168 valence electrons. The van der Waals surface area contributed by atoms with Gasteiger partial charge in [-0.2, -0.15) is 18.3 Å². The number of rotatable bonds is 2. The number of Topliss-reactive ketones (excluding diaryl/α,β-unsaturated/α-hetero) is 1. The molecule has 0 saturated carbocycles. The van der Waals surface area contributed by atoms with Crippen LogP contribution in [-0.2, 0) is 12.7 Å². The second kappa shape index (κ2) is 7.40. The van der Waals surface area contributed by atoms with Gasteiger partial charge >= 0.3 is 6.18 Å². The number of hydrogen-bond donors (Lipinski definition) is 1. The van der Waals surface area contributed by atoms with Crippen molar-refractivity contribution in [2.24, 2.45) is 0 Å². The molecule has 1 atom stereocenters. The SMILES string of the molecule is Cc1cc(-c2ncc3cc(C(F)(F)F)ccc3n2)ccc1C1CCn2nc(N)c(C)c2C1=O. The first kappa shape index (κ1) is 21.1. The summed E-state index contributed by atoms with van der Waals surface area (Å²) in [7, 11) is 0. The molecule has 4 aromatic rings. The third-order valence-corrected chi connectivity index (χ3v) is 6.22. The molecule has 0 spiro atoms. The molecule has 0 bridgehead atoms. The first-order valence-electron chi connectivity index (χ1n) is 10.5. The number of fused-ring (bicyclic) bond motifs is 2. The molecule has 33 heavy (non-hydrogen) atoms. The molecule has 9 heteroatoms. The van der Waals surface area contributed by atoms with E-state index < -0.39 is 11.7 Å². The second-order valence-electron chi connectivity index (χ2n) is 8.32. The second-order valence-corrected chi connectivity index (χ2v) is 8.32. The maximum Gasteiger partial charge on any atom is 0.416 e. The topological polar surface area (TPSA) is 86.7 Å². The smallest absolute Gasteiger partial charge is 0.382 e. The number of benzene rings is 2. The lowest BCUT2D eigenvalue weighted by Gasteiger charge is -2.24. The predicted molar refractivity (Wildman–Crippen MR) is 118 cm³/mol. The Morgan fingerprint density at radius 3 is 2.64 bits per heavy atom. The zero-order valence-corrected chi connectivity index (χ0v) is 17.9. The Kier molecular flexibility index (Phi) is 4.73. The number of alkyl halides is 3. The number of ketones is 1. The van der Waals surface area contributed by atoms with Crippen LogP contribution >= 0.6 is 0 Å². The van der Waals surface area contributed by atoms with E-state index in [1.807, 2.05) is 25.1 Å². The van der Waals surface area contributed by atoms with Crippen molar-refractivity contribution in [3.63, 3.8) is 0 Å². The van der Waals surface area contributed by atoms with Crippen molar-refractivity contribution in [3.8, 4) is 11.4 Å². The van der Waals surface area contributed by atoms with Gasteiger partial charge in [0.2, 0.25) is 0 Å². The minimum Gasteiger partial charge on any atom is -0.382 e. The van der Waals surface area contributed by atoms with Crippen molar-refractivity contribution < 1.29 is 18.0 Å². The lowest BCUT2D eigenvalue weighted by Crippen LogP contribution is -2.26. The number of nitrogens with zero attached hydrogens (tertiary/aromatic N) is 4. The Morgan fingerprint density at radius 2 is 1.91 bits per heavy atom. The number of aromatic nitrogens is 4. The normalized spacial score (nSPS) is 16.3. The summed E-state index contributed by atoms with van der Waals surface area (Å²) in [6, 6.07) is 9.05. The molecule has 2 N–H and O–H groups in total. The maximum absolute atomic E-state index is 13.2. The van der Waals surface area contributed by atoms with Crippen molar-refractivity contribution in [1.29, 1.82) is 0 Å². The number of nitrogens with two attached hydrogens (primary N) is 1. The molecule has 2 aromatic carbocycles. The van der Waals surface area contributed by atoms with Crippen LogP contribution < -0.4 is 5.73 Å². The summed E-state index contributed by atoms with van der Waals surface area (Å²) in [5.41, 5.74) is 9.42. The van der Waals surface area contributed by atoms with Gasteiger partial charge in [0.15, 0.2) is 11.6 Å². The Balaban J connectivity index is 1.47. The largest absolute Gasteiger partial charge is 0.416 e. The highest BCUT2D eigenvalue weighted by Crippen LogP contribution is 2.35. The van der Waals surface area contributed by atoms with Crippen LogP contribution in [0.25, 0.3) is 22.3 Å². The molecule has 1 unspecified atom stereocenters. The molecule has 2 aromatic heterocycles. The van der Waals surface area contributed by atoms with Crippen molar-refractivity contribution in [2.75, 3.05) is 5.73 Å². The molecule has 0 saturated heterocycles. The lowest BCUT2D eigenvalue weighted by atomic mass is 9.84. The summed E-state index contributed by atoms with van der Waals surface area (Å²) in [5, 5.41) is 4.56. The Bertz CT molecular complexity index is 1420. The molecule has 6 nitrogen and oxygen atoms in total. The van der Waals surface area contributed by atoms with Crippen molar-refractivity contribution in [1.82, 2.24) is 19.7 Å². The maximum atomic E-state index is 13.2. The highest BCUT2D eigenvalue weighted by Gasteiger charge is 2.33. The minimum atomic E-state index is -4.42. The number of carbonyl (C=O) groups excluding carboxylic acids is 1. The minimum absolute atomic E-state index is 0.00113. The number of hydrogen-bond acceptors (Lipinski definition) is 5. The average molecular weight is 451 g/mol. The summed E-state index contributed by atoms with van der Waals surface area (Å²) >= 11 is 0. The van der Waals surface area contributed by atoms with Gasteiger partial charge in [-0.15, -0.1) is 0 Å². The summed E-state index contributed by atoms with van der Waals surface area (Å²) in [6.45, 7) is 4.34. The van der Waals surface area contributed by atoms with E-state index >= 15 is 0 Å². The highest BCUT2D eigenvalue weighted by molar-refractivity contribution is 6.02. The highest BCUT2D eigenvalue weighted by atomic mass is 19.4. The molecule has 0 fully saturated rings. The Hall–Kier alpha value is -3.75. The molecule has 5 rings (SSSR count). The number of carbonyl (C=O) groups is 1. The van der Waals surface area contributed by atoms with Gasteiger partial charge < -0.3 is 5.73 Å². The fourth-order valence-corrected chi connectivity index (χ4v) is 4.44. The number of aryl methyl sites for hydroxylation is 2. The summed E-state index contributed by atoms with van der Waals surface area (Å²) in [4.78, 5) is 21.9. The van der Waals surface area contributed by atoms with E-state index in [0.717, 1.165) is 28.8 Å².